The number of aliphatic carboxylic acids is 1. The molecule has 1 fully saturated rings. The van der Waals surface area contributed by atoms with Crippen LogP contribution >= 0.6 is 0 Å². The summed E-state index contributed by atoms with van der Waals surface area (Å²) in [7, 11) is 1.77. The Morgan fingerprint density at radius 1 is 1.83 bits per heavy atom. The first-order valence-corrected chi connectivity index (χ1v) is 4.18. The molecule has 1 saturated carbocycles. The molecule has 0 aromatic carbocycles. The van der Waals surface area contributed by atoms with Crippen LogP contribution in [0.15, 0.2) is 0 Å². The SMILES string of the molecule is CC1CCC1(N)N(C)CC(=O)O. The molecule has 0 saturated heterocycles. The third-order valence-electron chi connectivity index (χ3n) is 2.91. The fraction of sp³-hybridized carbons (Fsp3) is 0.875. The Kier molecular flexibility index (Phi) is 2.39. The standard InChI is InChI=1S/C8H16N2O2/c1-6-3-4-8(6,9)10(2)5-7(11)12/h6H,3-5,9H2,1-2H3,(H,11,12). The minimum absolute atomic E-state index is 0.0286. The maximum atomic E-state index is 10.4. The second-order valence-electron chi connectivity index (χ2n) is 3.68. The summed E-state index contributed by atoms with van der Waals surface area (Å²) in [6, 6.07) is 0. The molecule has 0 aromatic rings. The van der Waals surface area contributed by atoms with Crippen LogP contribution in [0.4, 0.5) is 0 Å². The van der Waals surface area contributed by atoms with E-state index in [-0.39, 0.29) is 12.2 Å². The lowest BCUT2D eigenvalue weighted by atomic mass is 9.74. The van der Waals surface area contributed by atoms with E-state index in [4.69, 9.17) is 10.8 Å². The predicted octanol–water partition coefficient (Wildman–Crippen LogP) is 0.0877. The maximum absolute atomic E-state index is 10.4. The highest BCUT2D eigenvalue weighted by molar-refractivity contribution is 5.69. The van der Waals surface area contributed by atoms with Crippen LogP contribution in [0.5, 0.6) is 0 Å². The topological polar surface area (TPSA) is 66.6 Å². The summed E-state index contributed by atoms with van der Waals surface area (Å²) in [6.07, 6.45) is 2.00. The van der Waals surface area contributed by atoms with Gasteiger partial charge in [0.2, 0.25) is 0 Å². The molecule has 12 heavy (non-hydrogen) atoms. The zero-order chi connectivity index (χ0) is 9.35. The highest BCUT2D eigenvalue weighted by Crippen LogP contribution is 2.37. The van der Waals surface area contributed by atoms with Gasteiger partial charge in [-0.15, -0.1) is 0 Å². The van der Waals surface area contributed by atoms with Gasteiger partial charge in [0.1, 0.15) is 0 Å². The van der Waals surface area contributed by atoms with Crippen LogP contribution in [0.2, 0.25) is 0 Å². The van der Waals surface area contributed by atoms with E-state index in [0.29, 0.717) is 5.92 Å². The van der Waals surface area contributed by atoms with Crippen LogP contribution in [-0.2, 0) is 4.79 Å². The average molecular weight is 172 g/mol. The fourth-order valence-corrected chi connectivity index (χ4v) is 1.65. The molecule has 0 aliphatic heterocycles. The minimum Gasteiger partial charge on any atom is -0.480 e. The number of nitrogens with zero attached hydrogens (tertiary/aromatic N) is 1. The van der Waals surface area contributed by atoms with Crippen molar-refractivity contribution in [1.29, 1.82) is 0 Å². The van der Waals surface area contributed by atoms with Crippen molar-refractivity contribution in [3.63, 3.8) is 0 Å². The number of rotatable bonds is 3. The van der Waals surface area contributed by atoms with E-state index >= 15 is 0 Å². The van der Waals surface area contributed by atoms with Crippen LogP contribution < -0.4 is 5.73 Å². The van der Waals surface area contributed by atoms with Gasteiger partial charge >= 0.3 is 5.97 Å². The number of likely N-dealkylation sites (N-methyl/N-ethyl adjacent to an activating group) is 1. The molecule has 0 bridgehead atoms. The lowest BCUT2D eigenvalue weighted by Gasteiger charge is -2.50. The highest BCUT2D eigenvalue weighted by Gasteiger charge is 2.44. The molecule has 2 atom stereocenters. The van der Waals surface area contributed by atoms with Gasteiger partial charge in [0.25, 0.3) is 0 Å². The smallest absolute Gasteiger partial charge is 0.317 e. The third-order valence-corrected chi connectivity index (χ3v) is 2.91. The minimum atomic E-state index is -0.818. The molecule has 1 aliphatic rings. The molecule has 1 rings (SSSR count). The third kappa shape index (κ3) is 1.44. The Labute approximate surface area is 72.3 Å². The van der Waals surface area contributed by atoms with E-state index in [9.17, 15) is 4.79 Å². The van der Waals surface area contributed by atoms with Crippen molar-refractivity contribution in [3.8, 4) is 0 Å². The maximum Gasteiger partial charge on any atom is 0.317 e. The molecule has 2 unspecified atom stereocenters. The summed E-state index contributed by atoms with van der Waals surface area (Å²) >= 11 is 0. The monoisotopic (exact) mass is 172 g/mol. The zero-order valence-corrected chi connectivity index (χ0v) is 7.58. The summed E-state index contributed by atoms with van der Waals surface area (Å²) < 4.78 is 0. The zero-order valence-electron chi connectivity index (χ0n) is 7.58. The van der Waals surface area contributed by atoms with Crippen molar-refractivity contribution in [2.45, 2.75) is 25.4 Å². The number of nitrogens with two attached hydrogens (primary N) is 1. The van der Waals surface area contributed by atoms with Gasteiger partial charge in [-0.2, -0.15) is 0 Å². The van der Waals surface area contributed by atoms with Gasteiger partial charge < -0.3 is 10.8 Å². The molecule has 3 N–H and O–H groups in total. The first kappa shape index (κ1) is 9.48. The summed E-state index contributed by atoms with van der Waals surface area (Å²) in [5, 5.41) is 8.56. The van der Waals surface area contributed by atoms with Gasteiger partial charge in [-0.05, 0) is 25.8 Å². The first-order chi connectivity index (χ1) is 5.47. The number of carbonyl (C=O) groups is 1. The Morgan fingerprint density at radius 2 is 2.42 bits per heavy atom. The quantitative estimate of drug-likeness (QED) is 0.592. The van der Waals surface area contributed by atoms with Gasteiger partial charge in [0.05, 0.1) is 12.2 Å². The predicted molar refractivity (Wildman–Crippen MR) is 45.6 cm³/mol. The molecule has 1 aliphatic carbocycles. The molecule has 70 valence electrons. The summed E-state index contributed by atoms with van der Waals surface area (Å²) in [6.45, 7) is 2.09. The van der Waals surface area contributed by atoms with Crippen LogP contribution in [0.25, 0.3) is 0 Å². The summed E-state index contributed by atoms with van der Waals surface area (Å²) in [4.78, 5) is 12.1. The normalized spacial score (nSPS) is 34.8. The van der Waals surface area contributed by atoms with Crippen LogP contribution in [0.3, 0.4) is 0 Å². The van der Waals surface area contributed by atoms with Crippen LogP contribution in [-0.4, -0.2) is 35.2 Å². The van der Waals surface area contributed by atoms with Gasteiger partial charge in [-0.3, -0.25) is 9.69 Å². The van der Waals surface area contributed by atoms with E-state index < -0.39 is 5.97 Å². The second-order valence-corrected chi connectivity index (χ2v) is 3.68. The second kappa shape index (κ2) is 3.03. The Balaban J connectivity index is 2.51. The van der Waals surface area contributed by atoms with Crippen molar-refractivity contribution in [2.75, 3.05) is 13.6 Å². The van der Waals surface area contributed by atoms with Crippen molar-refractivity contribution in [2.24, 2.45) is 11.7 Å². The van der Waals surface area contributed by atoms with Gasteiger partial charge in [-0.25, -0.2) is 0 Å². The van der Waals surface area contributed by atoms with Crippen molar-refractivity contribution in [1.82, 2.24) is 4.90 Å². The molecule has 0 radical (unpaired) electrons. The molecule has 4 heteroatoms. The van der Waals surface area contributed by atoms with E-state index in [2.05, 4.69) is 6.92 Å². The lowest BCUT2D eigenvalue weighted by Crippen LogP contribution is -2.65. The van der Waals surface area contributed by atoms with Gasteiger partial charge in [-0.1, -0.05) is 6.92 Å². The molecular weight excluding hydrogens is 156 g/mol. The number of carboxylic acid groups (broad SMARTS) is 1. The fourth-order valence-electron chi connectivity index (χ4n) is 1.65. The van der Waals surface area contributed by atoms with Gasteiger partial charge in [0.15, 0.2) is 0 Å². The Bertz CT molecular complexity index is 195. The van der Waals surface area contributed by atoms with E-state index in [1.54, 1.807) is 11.9 Å². The molecule has 0 spiro atoms. The molecule has 4 nitrogen and oxygen atoms in total. The van der Waals surface area contributed by atoms with E-state index in [1.807, 2.05) is 0 Å². The summed E-state index contributed by atoms with van der Waals surface area (Å²) in [5.41, 5.74) is 5.62. The first-order valence-electron chi connectivity index (χ1n) is 4.18. The highest BCUT2D eigenvalue weighted by atomic mass is 16.4. The van der Waals surface area contributed by atoms with E-state index in [0.717, 1.165) is 12.8 Å². The van der Waals surface area contributed by atoms with Crippen molar-refractivity contribution in [3.05, 3.63) is 0 Å². The summed E-state index contributed by atoms with van der Waals surface area (Å²) in [5.74, 6) is -0.414. The number of hydrogen-bond acceptors (Lipinski definition) is 3. The lowest BCUT2D eigenvalue weighted by molar-refractivity contribution is -0.141. The van der Waals surface area contributed by atoms with Crippen LogP contribution in [0.1, 0.15) is 19.8 Å². The van der Waals surface area contributed by atoms with E-state index in [1.165, 1.54) is 0 Å². The van der Waals surface area contributed by atoms with Crippen LogP contribution in [0, 0.1) is 5.92 Å². The largest absolute Gasteiger partial charge is 0.480 e. The molecular formula is C8H16N2O2. The number of carboxylic acids is 1. The molecule has 0 aromatic heterocycles. The van der Waals surface area contributed by atoms with Gasteiger partial charge in [0, 0.05) is 0 Å². The molecule has 0 heterocycles. The van der Waals surface area contributed by atoms with Crippen molar-refractivity contribution < 1.29 is 9.90 Å². The molecule has 0 amide bonds. The van der Waals surface area contributed by atoms with Crippen molar-refractivity contribution >= 4 is 5.97 Å². The average Bonchev–Trinajstić information content (AvgIpc) is 1.99. The number of hydrogen-bond donors (Lipinski definition) is 2. The Morgan fingerprint density at radius 3 is 2.67 bits per heavy atom. The Hall–Kier alpha value is -0.610.